The maximum Gasteiger partial charge on any atom is 1.00 e. The number of rotatable bonds is 4. The van der Waals surface area contributed by atoms with Gasteiger partial charge in [-0.25, -0.2) is 0 Å². The summed E-state index contributed by atoms with van der Waals surface area (Å²) in [4.78, 5) is 0. The third-order valence-corrected chi connectivity index (χ3v) is 1.38. The van der Waals surface area contributed by atoms with Gasteiger partial charge in [-0.05, 0) is 19.3 Å². The molecule has 0 atom stereocenters. The Morgan fingerprint density at radius 3 is 2.33 bits per heavy atom. The van der Waals surface area contributed by atoms with Crippen LogP contribution in [0.15, 0.2) is 12.2 Å². The molecule has 0 unspecified atom stereocenters. The van der Waals surface area contributed by atoms with E-state index in [0.717, 1.165) is 6.42 Å². The van der Waals surface area contributed by atoms with Gasteiger partial charge in [-0.2, -0.15) is 0 Å². The fourth-order valence-corrected chi connectivity index (χ4v) is 0.604. The van der Waals surface area contributed by atoms with Gasteiger partial charge in [0.2, 0.25) is 0 Å². The van der Waals surface area contributed by atoms with Crippen LogP contribution in [0.1, 0.15) is 41.0 Å². The predicted molar refractivity (Wildman–Crippen MR) is 40.1 cm³/mol. The van der Waals surface area contributed by atoms with Gasteiger partial charge >= 0.3 is 29.6 Å². The molecule has 9 heavy (non-hydrogen) atoms. The van der Waals surface area contributed by atoms with Crippen LogP contribution in [0.4, 0.5) is 0 Å². The molecule has 0 spiro atoms. The molecule has 0 aromatic heterocycles. The van der Waals surface area contributed by atoms with Crippen molar-refractivity contribution < 1.29 is 31.0 Å². The van der Waals surface area contributed by atoms with Crippen molar-refractivity contribution in [3.05, 3.63) is 12.2 Å². The minimum Gasteiger partial charge on any atom is -1.00 e. The molecule has 0 radical (unpaired) electrons. The van der Waals surface area contributed by atoms with Crippen LogP contribution in [0.3, 0.4) is 0 Å². The summed E-state index contributed by atoms with van der Waals surface area (Å²) in [7, 11) is 0. The Morgan fingerprint density at radius 1 is 1.44 bits per heavy atom. The van der Waals surface area contributed by atoms with Crippen LogP contribution in [-0.4, -0.2) is 0 Å². The number of unbranched alkanes of at least 4 members (excludes halogenated alkanes) is 1. The first kappa shape index (κ1) is 12.4. The molecular formula is C8H17Na. The second-order valence-electron chi connectivity index (χ2n) is 2.21. The van der Waals surface area contributed by atoms with Crippen LogP contribution in [0.5, 0.6) is 0 Å². The molecule has 0 aromatic rings. The van der Waals surface area contributed by atoms with E-state index in [2.05, 4.69) is 20.4 Å². The smallest absolute Gasteiger partial charge is 1.00 e. The minimum atomic E-state index is 0. The average molecular weight is 136 g/mol. The minimum absolute atomic E-state index is 0. The number of hydrogen-bond donors (Lipinski definition) is 0. The van der Waals surface area contributed by atoms with E-state index in [-0.39, 0.29) is 31.0 Å². The van der Waals surface area contributed by atoms with Gasteiger partial charge in [0.15, 0.2) is 0 Å². The van der Waals surface area contributed by atoms with E-state index >= 15 is 0 Å². The quantitative estimate of drug-likeness (QED) is 0.384. The summed E-state index contributed by atoms with van der Waals surface area (Å²) in [6, 6.07) is 0. The Morgan fingerprint density at radius 2 is 2.00 bits per heavy atom. The molecule has 50 valence electrons. The maximum atomic E-state index is 3.91. The van der Waals surface area contributed by atoms with Gasteiger partial charge in [-0.3, -0.25) is 0 Å². The van der Waals surface area contributed by atoms with Crippen LogP contribution >= 0.6 is 0 Å². The zero-order chi connectivity index (χ0) is 6.41. The molecule has 1 heteroatoms. The largest absolute Gasteiger partial charge is 1.00 e. The normalized spacial score (nSPS) is 8.22. The Kier molecular flexibility index (Phi) is 12.1. The van der Waals surface area contributed by atoms with Crippen LogP contribution < -0.4 is 29.6 Å². The van der Waals surface area contributed by atoms with Crippen LogP contribution in [0, 0.1) is 0 Å². The Labute approximate surface area is 82.5 Å². The van der Waals surface area contributed by atoms with Crippen molar-refractivity contribution in [3.63, 3.8) is 0 Å². The molecular weight excluding hydrogens is 119 g/mol. The average Bonchev–Trinajstić information content (AvgIpc) is 1.83. The first-order chi connectivity index (χ1) is 3.81. The molecule has 0 fully saturated rings. The van der Waals surface area contributed by atoms with Crippen LogP contribution in [0.2, 0.25) is 0 Å². The van der Waals surface area contributed by atoms with Crippen molar-refractivity contribution in [2.75, 3.05) is 0 Å². The van der Waals surface area contributed by atoms with E-state index in [1.807, 2.05) is 0 Å². The molecule has 0 nitrogen and oxygen atoms in total. The predicted octanol–water partition coefficient (Wildman–Crippen LogP) is 0.259. The summed E-state index contributed by atoms with van der Waals surface area (Å²) in [5.74, 6) is 0. The molecule has 0 saturated heterocycles. The summed E-state index contributed by atoms with van der Waals surface area (Å²) >= 11 is 0. The summed E-state index contributed by atoms with van der Waals surface area (Å²) in [5.41, 5.74) is 1.40. The van der Waals surface area contributed by atoms with E-state index in [0.29, 0.717) is 0 Å². The second-order valence-corrected chi connectivity index (χ2v) is 2.21. The summed E-state index contributed by atoms with van der Waals surface area (Å²) in [5, 5.41) is 0. The summed E-state index contributed by atoms with van der Waals surface area (Å²) in [6.45, 7) is 8.29. The fraction of sp³-hybridized carbons (Fsp3) is 0.750. The topological polar surface area (TPSA) is 0 Å². The molecule has 0 aliphatic rings. The van der Waals surface area contributed by atoms with Crippen molar-refractivity contribution in [2.45, 2.75) is 39.5 Å². The van der Waals surface area contributed by atoms with Gasteiger partial charge in [0.25, 0.3) is 0 Å². The molecule has 0 N–H and O–H groups in total. The molecule has 0 aliphatic carbocycles. The van der Waals surface area contributed by atoms with E-state index < -0.39 is 0 Å². The van der Waals surface area contributed by atoms with Crippen molar-refractivity contribution >= 4 is 0 Å². The van der Waals surface area contributed by atoms with Gasteiger partial charge in [0.1, 0.15) is 0 Å². The number of hydrogen-bond acceptors (Lipinski definition) is 0. The van der Waals surface area contributed by atoms with E-state index in [4.69, 9.17) is 0 Å². The van der Waals surface area contributed by atoms with E-state index in [1.54, 1.807) is 0 Å². The van der Waals surface area contributed by atoms with Crippen LogP contribution in [0.25, 0.3) is 0 Å². The molecule has 0 rings (SSSR count). The second kappa shape index (κ2) is 8.74. The summed E-state index contributed by atoms with van der Waals surface area (Å²) < 4.78 is 0. The molecule has 0 aromatic carbocycles. The van der Waals surface area contributed by atoms with Crippen molar-refractivity contribution in [2.24, 2.45) is 0 Å². The molecule has 0 bridgehead atoms. The van der Waals surface area contributed by atoms with Crippen molar-refractivity contribution in [3.8, 4) is 0 Å². The third-order valence-electron chi connectivity index (χ3n) is 1.38. The van der Waals surface area contributed by atoms with Gasteiger partial charge in [0, 0.05) is 0 Å². The first-order valence-corrected chi connectivity index (χ1v) is 3.47. The van der Waals surface area contributed by atoms with Gasteiger partial charge in [-0.1, -0.05) is 32.4 Å². The van der Waals surface area contributed by atoms with E-state index in [9.17, 15) is 0 Å². The van der Waals surface area contributed by atoms with Crippen molar-refractivity contribution in [1.29, 1.82) is 0 Å². The van der Waals surface area contributed by atoms with E-state index in [1.165, 1.54) is 24.8 Å². The number of allylic oxidation sites excluding steroid dienone is 1. The monoisotopic (exact) mass is 136 g/mol. The van der Waals surface area contributed by atoms with Gasteiger partial charge in [0.05, 0.1) is 0 Å². The maximum absolute atomic E-state index is 3.91. The Bertz CT molecular complexity index is 71.7. The Hall–Kier alpha value is 0.740. The third kappa shape index (κ3) is 8.74. The zero-order valence-electron chi connectivity index (χ0n) is 8.04. The molecule has 0 aliphatic heterocycles. The summed E-state index contributed by atoms with van der Waals surface area (Å²) in [6.07, 6.45) is 4.98. The van der Waals surface area contributed by atoms with Crippen molar-refractivity contribution in [1.82, 2.24) is 0 Å². The SMILES string of the molecule is C=C(CC)CCCC.[H-].[Na+]. The zero-order valence-corrected chi connectivity index (χ0v) is 9.04. The van der Waals surface area contributed by atoms with Gasteiger partial charge < -0.3 is 1.43 Å². The molecule has 0 heterocycles. The molecule has 0 amide bonds. The van der Waals surface area contributed by atoms with Crippen LogP contribution in [-0.2, 0) is 0 Å². The van der Waals surface area contributed by atoms with Gasteiger partial charge in [-0.15, -0.1) is 0 Å². The first-order valence-electron chi connectivity index (χ1n) is 3.47. The Balaban J connectivity index is -0.000000245. The standard InChI is InChI=1S/C8H16.Na.H/c1-4-6-7-8(3)5-2;;/h3-7H2,1-2H3;;/q;+1;-1. The molecule has 0 saturated carbocycles. The fourth-order valence-electron chi connectivity index (χ4n) is 0.604.